The highest BCUT2D eigenvalue weighted by atomic mass is 16.6. The number of alkyl carbamates (subject to hydrolysis) is 1. The van der Waals surface area contributed by atoms with Crippen LogP contribution in [0, 0.1) is 0 Å². The first-order valence-corrected chi connectivity index (χ1v) is 8.61. The summed E-state index contributed by atoms with van der Waals surface area (Å²) >= 11 is 0. The first kappa shape index (κ1) is 19.5. The number of aliphatic carboxylic acids is 1. The van der Waals surface area contributed by atoms with Crippen molar-refractivity contribution in [1.82, 2.24) is 5.32 Å². The van der Waals surface area contributed by atoms with E-state index in [0.29, 0.717) is 12.8 Å². The van der Waals surface area contributed by atoms with Crippen LogP contribution >= 0.6 is 0 Å². The van der Waals surface area contributed by atoms with E-state index in [1.165, 1.54) is 0 Å². The van der Waals surface area contributed by atoms with Gasteiger partial charge in [0.15, 0.2) is 0 Å². The summed E-state index contributed by atoms with van der Waals surface area (Å²) < 4.78 is 5.12. The molecule has 26 heavy (non-hydrogen) atoms. The molecule has 1 amide bonds. The summed E-state index contributed by atoms with van der Waals surface area (Å²) in [4.78, 5) is 23.2. The fourth-order valence-corrected chi connectivity index (χ4v) is 2.51. The van der Waals surface area contributed by atoms with Crippen LogP contribution in [0.4, 0.5) is 4.79 Å². The zero-order chi connectivity index (χ0) is 19.2. The Kier molecular flexibility index (Phi) is 6.39. The van der Waals surface area contributed by atoms with Gasteiger partial charge in [-0.15, -0.1) is 0 Å². The summed E-state index contributed by atoms with van der Waals surface area (Å²) in [6.07, 6.45) is 0.116. The van der Waals surface area contributed by atoms with E-state index in [1.54, 1.807) is 20.8 Å². The Morgan fingerprint density at radius 1 is 1.00 bits per heavy atom. The second-order valence-corrected chi connectivity index (χ2v) is 7.14. The quantitative estimate of drug-likeness (QED) is 0.812. The van der Waals surface area contributed by atoms with Gasteiger partial charge in [-0.3, -0.25) is 0 Å². The molecule has 0 saturated carbocycles. The van der Waals surface area contributed by atoms with Crippen LogP contribution in [0.25, 0.3) is 11.1 Å². The van der Waals surface area contributed by atoms with Gasteiger partial charge in [0.25, 0.3) is 0 Å². The van der Waals surface area contributed by atoms with E-state index in [0.717, 1.165) is 16.7 Å². The van der Waals surface area contributed by atoms with Gasteiger partial charge in [0.1, 0.15) is 11.6 Å². The lowest BCUT2D eigenvalue weighted by atomic mass is 10.0. The number of nitrogens with one attached hydrogen (secondary N) is 1. The van der Waals surface area contributed by atoms with Crippen molar-refractivity contribution in [1.29, 1.82) is 0 Å². The zero-order valence-electron chi connectivity index (χ0n) is 15.4. The number of benzene rings is 2. The number of carbonyl (C=O) groups excluding carboxylic acids is 1. The van der Waals surface area contributed by atoms with Crippen LogP contribution in [0.1, 0.15) is 32.8 Å². The van der Waals surface area contributed by atoms with Gasteiger partial charge < -0.3 is 15.2 Å². The largest absolute Gasteiger partial charge is 0.480 e. The first-order valence-electron chi connectivity index (χ1n) is 8.61. The Hall–Kier alpha value is -2.82. The van der Waals surface area contributed by atoms with Crippen LogP contribution in [0.5, 0.6) is 0 Å². The summed E-state index contributed by atoms with van der Waals surface area (Å²) in [6, 6.07) is 17.0. The summed E-state index contributed by atoms with van der Waals surface area (Å²) in [5.41, 5.74) is 2.59. The maximum absolute atomic E-state index is 11.8. The van der Waals surface area contributed by atoms with E-state index in [2.05, 4.69) is 5.32 Å². The van der Waals surface area contributed by atoms with Crippen LogP contribution < -0.4 is 5.32 Å². The molecule has 0 spiro atoms. The standard InChI is InChI=1S/C21H25NO4/c1-21(2,3)26-20(25)22-18(19(23)24)14-11-15-9-12-17(13-10-15)16-7-5-4-6-8-16/h4-10,12-13,18H,11,14H2,1-3H3,(H,22,25)(H,23,24). The molecule has 2 rings (SSSR count). The first-order chi connectivity index (χ1) is 12.2. The second-order valence-electron chi connectivity index (χ2n) is 7.14. The van der Waals surface area contributed by atoms with E-state index in [9.17, 15) is 14.7 Å². The van der Waals surface area contributed by atoms with Crippen LogP contribution in [0.15, 0.2) is 54.6 Å². The van der Waals surface area contributed by atoms with Crippen molar-refractivity contribution in [2.45, 2.75) is 45.3 Å². The number of carboxylic acids is 1. The normalized spacial score (nSPS) is 12.3. The smallest absolute Gasteiger partial charge is 0.408 e. The van der Waals surface area contributed by atoms with Crippen molar-refractivity contribution in [3.8, 4) is 11.1 Å². The lowest BCUT2D eigenvalue weighted by molar-refractivity contribution is -0.139. The highest BCUT2D eigenvalue weighted by Crippen LogP contribution is 2.20. The second kappa shape index (κ2) is 8.52. The average Bonchev–Trinajstić information content (AvgIpc) is 2.58. The van der Waals surface area contributed by atoms with Gasteiger partial charge >= 0.3 is 12.1 Å². The minimum Gasteiger partial charge on any atom is -0.480 e. The van der Waals surface area contributed by atoms with Crippen LogP contribution in [0.2, 0.25) is 0 Å². The van der Waals surface area contributed by atoms with Crippen LogP contribution in [-0.2, 0) is 16.0 Å². The fraction of sp³-hybridized carbons (Fsp3) is 0.333. The molecule has 0 aromatic heterocycles. The topological polar surface area (TPSA) is 75.6 Å². The van der Waals surface area contributed by atoms with Crippen LogP contribution in [-0.4, -0.2) is 28.8 Å². The Balaban J connectivity index is 1.94. The van der Waals surface area contributed by atoms with Crippen molar-refractivity contribution in [3.63, 3.8) is 0 Å². The highest BCUT2D eigenvalue weighted by molar-refractivity contribution is 5.80. The zero-order valence-corrected chi connectivity index (χ0v) is 15.4. The van der Waals surface area contributed by atoms with E-state index < -0.39 is 23.7 Å². The van der Waals surface area contributed by atoms with Gasteiger partial charge in [0, 0.05) is 0 Å². The molecule has 0 aliphatic carbocycles. The van der Waals surface area contributed by atoms with Crippen molar-refractivity contribution >= 4 is 12.1 Å². The Morgan fingerprint density at radius 2 is 1.58 bits per heavy atom. The van der Waals surface area contributed by atoms with E-state index in [1.807, 2.05) is 54.6 Å². The maximum atomic E-state index is 11.8. The van der Waals surface area contributed by atoms with E-state index in [4.69, 9.17) is 4.74 Å². The molecule has 0 saturated heterocycles. The van der Waals surface area contributed by atoms with Gasteiger partial charge in [-0.25, -0.2) is 9.59 Å². The van der Waals surface area contributed by atoms with Crippen LogP contribution in [0.3, 0.4) is 0 Å². The molecule has 1 unspecified atom stereocenters. The van der Waals surface area contributed by atoms with Gasteiger partial charge in [-0.1, -0.05) is 54.6 Å². The third-order valence-corrected chi connectivity index (χ3v) is 3.77. The third-order valence-electron chi connectivity index (χ3n) is 3.77. The number of hydrogen-bond donors (Lipinski definition) is 2. The lowest BCUT2D eigenvalue weighted by Crippen LogP contribution is -2.43. The van der Waals surface area contributed by atoms with Crippen molar-refractivity contribution in [2.75, 3.05) is 0 Å². The lowest BCUT2D eigenvalue weighted by Gasteiger charge is -2.22. The average molecular weight is 355 g/mol. The summed E-state index contributed by atoms with van der Waals surface area (Å²) in [5, 5.41) is 11.7. The molecular weight excluding hydrogens is 330 g/mol. The summed E-state index contributed by atoms with van der Waals surface area (Å²) in [5.74, 6) is -1.07. The predicted octanol–water partition coefficient (Wildman–Crippen LogP) is 4.26. The molecule has 1 atom stereocenters. The molecule has 0 bridgehead atoms. The van der Waals surface area contributed by atoms with Crippen molar-refractivity contribution < 1.29 is 19.4 Å². The molecule has 0 heterocycles. The molecule has 0 aliphatic heterocycles. The highest BCUT2D eigenvalue weighted by Gasteiger charge is 2.23. The molecule has 0 aliphatic rings. The monoisotopic (exact) mass is 355 g/mol. The number of carboxylic acid groups (broad SMARTS) is 1. The Labute approximate surface area is 154 Å². The number of hydrogen-bond acceptors (Lipinski definition) is 3. The fourth-order valence-electron chi connectivity index (χ4n) is 2.51. The molecule has 0 radical (unpaired) electrons. The van der Waals surface area contributed by atoms with E-state index in [-0.39, 0.29) is 0 Å². The van der Waals surface area contributed by atoms with Crippen molar-refractivity contribution in [2.24, 2.45) is 0 Å². The number of aryl methyl sites for hydroxylation is 1. The molecule has 0 fully saturated rings. The number of amides is 1. The molecule has 2 N–H and O–H groups in total. The third kappa shape index (κ3) is 6.24. The van der Waals surface area contributed by atoms with E-state index >= 15 is 0 Å². The van der Waals surface area contributed by atoms with Crippen molar-refractivity contribution in [3.05, 3.63) is 60.2 Å². The molecule has 2 aromatic rings. The van der Waals surface area contributed by atoms with Gasteiger partial charge in [-0.2, -0.15) is 0 Å². The number of rotatable bonds is 6. The summed E-state index contributed by atoms with van der Waals surface area (Å²) in [7, 11) is 0. The molecule has 5 heteroatoms. The molecule has 138 valence electrons. The molecule has 5 nitrogen and oxygen atoms in total. The minimum atomic E-state index is -1.07. The maximum Gasteiger partial charge on any atom is 0.408 e. The Morgan fingerprint density at radius 3 is 2.12 bits per heavy atom. The summed E-state index contributed by atoms with van der Waals surface area (Å²) in [6.45, 7) is 5.20. The molecule has 2 aromatic carbocycles. The molecular formula is C21H25NO4. The van der Waals surface area contributed by atoms with Gasteiger partial charge in [-0.05, 0) is 50.3 Å². The number of carbonyl (C=O) groups is 2. The number of ether oxygens (including phenoxy) is 1. The van der Waals surface area contributed by atoms with Gasteiger partial charge in [0.05, 0.1) is 0 Å². The predicted molar refractivity (Wildman–Crippen MR) is 101 cm³/mol. The van der Waals surface area contributed by atoms with Gasteiger partial charge in [0.2, 0.25) is 0 Å². The Bertz CT molecular complexity index is 733. The SMILES string of the molecule is CC(C)(C)OC(=O)NC(CCc1ccc(-c2ccccc2)cc1)C(=O)O. The minimum absolute atomic E-state index is 0.291.